The van der Waals surface area contributed by atoms with Gasteiger partial charge in [0, 0.05) is 24.1 Å². The van der Waals surface area contributed by atoms with Gasteiger partial charge in [0.15, 0.2) is 0 Å². The lowest BCUT2D eigenvalue weighted by Crippen LogP contribution is -2.33. The number of methoxy groups -OCH3 is 1. The minimum Gasteiger partial charge on any atom is -0.388 e. The van der Waals surface area contributed by atoms with Crippen molar-refractivity contribution >= 4 is 0 Å². The van der Waals surface area contributed by atoms with Crippen molar-refractivity contribution in [2.24, 2.45) is 5.41 Å². The normalized spacial score (nSPS) is 22.4. The number of aliphatic hydroxyl groups excluding tert-OH is 1. The van der Waals surface area contributed by atoms with Gasteiger partial charge in [-0.05, 0) is 45.1 Å². The molecule has 0 spiro atoms. The summed E-state index contributed by atoms with van der Waals surface area (Å²) in [5.41, 5.74) is 3.58. The zero-order chi connectivity index (χ0) is 14.4. The number of hydrogen-bond donors (Lipinski definition) is 1. The van der Waals surface area contributed by atoms with E-state index >= 15 is 0 Å². The smallest absolute Gasteiger partial charge is 0.0812 e. The highest BCUT2D eigenvalue weighted by Crippen LogP contribution is 2.42. The van der Waals surface area contributed by atoms with E-state index in [-0.39, 0.29) is 17.1 Å². The standard InChI is InChI=1S/C16H27NO2/c1-11-7-12-13(8-15(2,3)9-14(12)18)17(11)10-16(4,5)19-6/h7,14,18H,8-10H2,1-6H3. The number of aliphatic hydroxyl groups is 1. The summed E-state index contributed by atoms with van der Waals surface area (Å²) < 4.78 is 7.87. The third kappa shape index (κ3) is 2.87. The maximum absolute atomic E-state index is 10.3. The number of nitrogens with zero attached hydrogens (tertiary/aromatic N) is 1. The van der Waals surface area contributed by atoms with Gasteiger partial charge in [0.05, 0.1) is 18.2 Å². The average molecular weight is 265 g/mol. The Morgan fingerprint density at radius 3 is 2.68 bits per heavy atom. The van der Waals surface area contributed by atoms with Crippen LogP contribution in [0.15, 0.2) is 6.07 Å². The lowest BCUT2D eigenvalue weighted by molar-refractivity contribution is 0.00617. The van der Waals surface area contributed by atoms with Crippen molar-refractivity contribution < 1.29 is 9.84 Å². The second-order valence-electron chi connectivity index (χ2n) is 7.30. The molecule has 0 saturated carbocycles. The highest BCUT2D eigenvalue weighted by Gasteiger charge is 2.35. The average Bonchev–Trinajstić information content (AvgIpc) is 2.56. The fourth-order valence-corrected chi connectivity index (χ4v) is 3.07. The highest BCUT2D eigenvalue weighted by molar-refractivity contribution is 5.33. The van der Waals surface area contributed by atoms with Gasteiger partial charge in [-0.3, -0.25) is 0 Å². The zero-order valence-corrected chi connectivity index (χ0v) is 13.1. The summed E-state index contributed by atoms with van der Waals surface area (Å²) in [6.45, 7) is 11.6. The fourth-order valence-electron chi connectivity index (χ4n) is 3.07. The van der Waals surface area contributed by atoms with E-state index in [9.17, 15) is 5.11 Å². The molecule has 1 aliphatic rings. The van der Waals surface area contributed by atoms with E-state index in [1.54, 1.807) is 7.11 Å². The third-order valence-electron chi connectivity index (χ3n) is 4.29. The molecule has 0 bridgehead atoms. The van der Waals surface area contributed by atoms with E-state index in [2.05, 4.69) is 45.3 Å². The van der Waals surface area contributed by atoms with Crippen LogP contribution in [0.4, 0.5) is 0 Å². The topological polar surface area (TPSA) is 34.4 Å². The van der Waals surface area contributed by atoms with Crippen molar-refractivity contribution in [2.75, 3.05) is 7.11 Å². The zero-order valence-electron chi connectivity index (χ0n) is 13.1. The van der Waals surface area contributed by atoms with Crippen molar-refractivity contribution in [3.05, 3.63) is 23.0 Å². The Kier molecular flexibility index (Phi) is 3.56. The van der Waals surface area contributed by atoms with Gasteiger partial charge in [-0.25, -0.2) is 0 Å². The van der Waals surface area contributed by atoms with E-state index in [1.165, 1.54) is 11.4 Å². The minimum absolute atomic E-state index is 0.159. The molecule has 1 heterocycles. The van der Waals surface area contributed by atoms with Gasteiger partial charge >= 0.3 is 0 Å². The Morgan fingerprint density at radius 1 is 1.47 bits per heavy atom. The summed E-state index contributed by atoms with van der Waals surface area (Å²) in [6, 6.07) is 2.14. The van der Waals surface area contributed by atoms with Crippen LogP contribution in [-0.2, 0) is 17.7 Å². The maximum Gasteiger partial charge on any atom is 0.0812 e. The monoisotopic (exact) mass is 265 g/mol. The molecule has 1 N–H and O–H groups in total. The van der Waals surface area contributed by atoms with Crippen LogP contribution in [0.3, 0.4) is 0 Å². The summed E-state index contributed by atoms with van der Waals surface area (Å²) in [7, 11) is 1.75. The van der Waals surface area contributed by atoms with Crippen LogP contribution in [-0.4, -0.2) is 22.4 Å². The molecule has 0 amide bonds. The molecular weight excluding hydrogens is 238 g/mol. The molecule has 0 aromatic carbocycles. The van der Waals surface area contributed by atoms with Crippen molar-refractivity contribution in [2.45, 2.75) is 65.7 Å². The molecule has 0 aliphatic heterocycles. The number of fused-ring (bicyclic) bond motifs is 1. The van der Waals surface area contributed by atoms with E-state index in [1.807, 2.05) is 0 Å². The SMILES string of the molecule is COC(C)(C)Cn1c(C)cc2c1CC(C)(C)CC2O. The largest absolute Gasteiger partial charge is 0.388 e. The Labute approximate surface area is 116 Å². The third-order valence-corrected chi connectivity index (χ3v) is 4.29. The summed E-state index contributed by atoms with van der Waals surface area (Å²) in [4.78, 5) is 0. The predicted octanol–water partition coefficient (Wildman–Crippen LogP) is 3.23. The lowest BCUT2D eigenvalue weighted by atomic mass is 9.75. The van der Waals surface area contributed by atoms with Gasteiger partial charge in [-0.1, -0.05) is 13.8 Å². The van der Waals surface area contributed by atoms with E-state index in [4.69, 9.17) is 4.74 Å². The Morgan fingerprint density at radius 2 is 2.11 bits per heavy atom. The van der Waals surface area contributed by atoms with Crippen LogP contribution in [0.25, 0.3) is 0 Å². The van der Waals surface area contributed by atoms with Crippen LogP contribution < -0.4 is 0 Å². The molecule has 0 radical (unpaired) electrons. The molecule has 1 aliphatic carbocycles. The van der Waals surface area contributed by atoms with Gasteiger partial charge in [0.2, 0.25) is 0 Å². The van der Waals surface area contributed by atoms with Gasteiger partial charge in [-0.15, -0.1) is 0 Å². The van der Waals surface area contributed by atoms with Gasteiger partial charge < -0.3 is 14.4 Å². The number of aryl methyl sites for hydroxylation is 1. The molecule has 3 nitrogen and oxygen atoms in total. The van der Waals surface area contributed by atoms with Crippen LogP contribution in [0.1, 0.15) is 57.2 Å². The molecule has 19 heavy (non-hydrogen) atoms. The lowest BCUT2D eigenvalue weighted by Gasteiger charge is -2.35. The van der Waals surface area contributed by atoms with Gasteiger partial charge in [0.1, 0.15) is 0 Å². The maximum atomic E-state index is 10.3. The molecule has 0 saturated heterocycles. The van der Waals surface area contributed by atoms with Crippen molar-refractivity contribution in [1.82, 2.24) is 4.57 Å². The van der Waals surface area contributed by atoms with Crippen molar-refractivity contribution in [1.29, 1.82) is 0 Å². The van der Waals surface area contributed by atoms with E-state index in [0.717, 1.165) is 24.9 Å². The first-order valence-electron chi connectivity index (χ1n) is 7.07. The van der Waals surface area contributed by atoms with E-state index < -0.39 is 0 Å². The van der Waals surface area contributed by atoms with Gasteiger partial charge in [0.25, 0.3) is 0 Å². The molecule has 2 rings (SSSR count). The van der Waals surface area contributed by atoms with Crippen molar-refractivity contribution in [3.8, 4) is 0 Å². The minimum atomic E-state index is -0.329. The Hall–Kier alpha value is -0.800. The van der Waals surface area contributed by atoms with Gasteiger partial charge in [-0.2, -0.15) is 0 Å². The number of ether oxygens (including phenoxy) is 1. The first kappa shape index (κ1) is 14.6. The molecule has 1 aromatic heterocycles. The number of hydrogen-bond acceptors (Lipinski definition) is 2. The first-order chi connectivity index (χ1) is 8.65. The molecule has 0 fully saturated rings. The molecule has 108 valence electrons. The molecule has 1 aromatic rings. The molecular formula is C16H27NO2. The second-order valence-corrected chi connectivity index (χ2v) is 7.30. The quantitative estimate of drug-likeness (QED) is 0.910. The molecule has 1 unspecified atom stereocenters. The number of rotatable bonds is 3. The molecule has 1 atom stereocenters. The highest BCUT2D eigenvalue weighted by atomic mass is 16.5. The summed E-state index contributed by atoms with van der Waals surface area (Å²) in [5.74, 6) is 0. The predicted molar refractivity (Wildman–Crippen MR) is 77.3 cm³/mol. The second kappa shape index (κ2) is 4.64. The summed E-state index contributed by atoms with van der Waals surface area (Å²) in [6.07, 6.45) is 1.54. The summed E-state index contributed by atoms with van der Waals surface area (Å²) >= 11 is 0. The van der Waals surface area contributed by atoms with Crippen LogP contribution in [0.5, 0.6) is 0 Å². The Bertz CT molecular complexity index is 471. The van der Waals surface area contributed by atoms with Crippen molar-refractivity contribution in [3.63, 3.8) is 0 Å². The van der Waals surface area contributed by atoms with Crippen LogP contribution in [0.2, 0.25) is 0 Å². The van der Waals surface area contributed by atoms with Crippen LogP contribution >= 0.6 is 0 Å². The fraction of sp³-hybridized carbons (Fsp3) is 0.750. The van der Waals surface area contributed by atoms with Crippen LogP contribution in [0, 0.1) is 12.3 Å². The van der Waals surface area contributed by atoms with E-state index in [0.29, 0.717) is 0 Å². The number of aromatic nitrogens is 1. The Balaban J connectivity index is 2.42. The molecule has 3 heteroatoms. The summed E-state index contributed by atoms with van der Waals surface area (Å²) in [5, 5.41) is 10.3. The first-order valence-corrected chi connectivity index (χ1v) is 7.07.